The van der Waals surface area contributed by atoms with Crippen molar-refractivity contribution >= 4 is 28.9 Å². The summed E-state index contributed by atoms with van der Waals surface area (Å²) >= 11 is 5.87. The van der Waals surface area contributed by atoms with Gasteiger partial charge in [-0.15, -0.1) is 0 Å². The zero-order valence-electron chi connectivity index (χ0n) is 18.7. The predicted octanol–water partition coefficient (Wildman–Crippen LogP) is 8.57. The van der Waals surface area contributed by atoms with Crippen molar-refractivity contribution in [1.82, 2.24) is 0 Å². The third-order valence-corrected chi connectivity index (χ3v) is 8.22. The number of hydrogen-bond acceptors (Lipinski definition) is 2. The second-order valence-corrected chi connectivity index (χ2v) is 14.2. The second kappa shape index (κ2) is 16.8. The molecule has 0 unspecified atom stereocenters. The lowest BCUT2D eigenvalue weighted by Crippen LogP contribution is -1.96. The molecule has 2 N–H and O–H groups in total. The van der Waals surface area contributed by atoms with Gasteiger partial charge in [-0.1, -0.05) is 97.0 Å². The Hall–Kier alpha value is 0.140. The van der Waals surface area contributed by atoms with Crippen LogP contribution in [0.2, 0.25) is 0 Å². The maximum Gasteiger partial charge on any atom is 0.246 e. The molecule has 0 spiro atoms. The largest absolute Gasteiger partial charge is 0.337 e. The first-order valence-electron chi connectivity index (χ1n) is 11.8. The molecule has 0 aliphatic rings. The van der Waals surface area contributed by atoms with Crippen LogP contribution in [0.1, 0.15) is 115 Å². The van der Waals surface area contributed by atoms with Crippen LogP contribution < -0.4 is 0 Å². The van der Waals surface area contributed by atoms with Crippen molar-refractivity contribution in [3.05, 3.63) is 29.3 Å². The zero-order valence-corrected chi connectivity index (χ0v) is 21.2. The summed E-state index contributed by atoms with van der Waals surface area (Å²) in [4.78, 5) is 20.2. The van der Waals surface area contributed by atoms with Crippen LogP contribution in [0, 0.1) is 0 Å². The van der Waals surface area contributed by atoms with E-state index in [4.69, 9.17) is 11.8 Å². The lowest BCUT2D eigenvalue weighted by molar-refractivity contribution is 0.502. The third kappa shape index (κ3) is 14.7. The maximum absolute atomic E-state index is 9.65. The Morgan fingerprint density at radius 2 is 1.14 bits per heavy atom. The zero-order chi connectivity index (χ0) is 21.4. The molecular formula is C24H43O2PS2. The fourth-order valence-corrected chi connectivity index (χ4v) is 6.36. The van der Waals surface area contributed by atoms with Gasteiger partial charge in [-0.25, -0.2) is 0 Å². The molecule has 0 saturated heterocycles. The van der Waals surface area contributed by atoms with E-state index in [1.807, 2.05) is 6.07 Å². The van der Waals surface area contributed by atoms with Crippen molar-refractivity contribution < 1.29 is 9.79 Å². The van der Waals surface area contributed by atoms with Gasteiger partial charge in [0.05, 0.1) is 0 Å². The summed E-state index contributed by atoms with van der Waals surface area (Å²) in [6, 6.07) is 6.37. The summed E-state index contributed by atoms with van der Waals surface area (Å²) in [6.45, 7) is 4.52. The van der Waals surface area contributed by atoms with Gasteiger partial charge < -0.3 is 9.79 Å². The summed E-state index contributed by atoms with van der Waals surface area (Å²) in [7, 11) is 0. The fraction of sp³-hybridized carbons (Fsp3) is 0.750. The van der Waals surface area contributed by atoms with Crippen LogP contribution in [0.15, 0.2) is 23.1 Å². The number of unbranched alkanes of at least 4 members (excludes halogenated alkanes) is 12. The van der Waals surface area contributed by atoms with E-state index >= 15 is 0 Å². The molecule has 0 heterocycles. The normalized spacial score (nSPS) is 11.9. The molecule has 168 valence electrons. The lowest BCUT2D eigenvalue weighted by atomic mass is 9.96. The molecule has 0 amide bonds. The Balaban J connectivity index is 2.52. The Kier molecular flexibility index (Phi) is 15.7. The van der Waals surface area contributed by atoms with Crippen molar-refractivity contribution in [3.8, 4) is 0 Å². The molecule has 0 atom stereocenters. The van der Waals surface area contributed by atoms with Crippen LogP contribution in [-0.4, -0.2) is 9.79 Å². The molecule has 29 heavy (non-hydrogen) atoms. The van der Waals surface area contributed by atoms with E-state index in [9.17, 15) is 9.79 Å². The number of hydrogen-bond donors (Lipinski definition) is 2. The van der Waals surface area contributed by atoms with E-state index in [0.717, 1.165) is 29.1 Å². The van der Waals surface area contributed by atoms with Crippen LogP contribution in [0.25, 0.3) is 0 Å². The first-order chi connectivity index (χ1) is 14.0. The van der Waals surface area contributed by atoms with Crippen LogP contribution in [0.4, 0.5) is 0 Å². The van der Waals surface area contributed by atoms with E-state index in [-0.39, 0.29) is 0 Å². The number of benzene rings is 1. The van der Waals surface area contributed by atoms with Crippen molar-refractivity contribution in [2.45, 2.75) is 121 Å². The molecule has 1 aromatic rings. The Bertz CT molecular complexity index is 586. The molecule has 0 radical (unpaired) electrons. The van der Waals surface area contributed by atoms with Gasteiger partial charge in [-0.05, 0) is 72.1 Å². The van der Waals surface area contributed by atoms with Gasteiger partial charge in [-0.3, -0.25) is 0 Å². The van der Waals surface area contributed by atoms with Gasteiger partial charge in [0.25, 0.3) is 0 Å². The minimum Gasteiger partial charge on any atom is -0.337 e. The van der Waals surface area contributed by atoms with Crippen molar-refractivity contribution in [2.24, 2.45) is 0 Å². The summed E-state index contributed by atoms with van der Waals surface area (Å²) in [5, 5.41) is 0. The van der Waals surface area contributed by atoms with Crippen LogP contribution in [0.3, 0.4) is 0 Å². The Morgan fingerprint density at radius 3 is 1.62 bits per heavy atom. The molecule has 0 aliphatic heterocycles. The lowest BCUT2D eigenvalue weighted by Gasteiger charge is -2.13. The Labute approximate surface area is 189 Å². The first-order valence-corrected chi connectivity index (χ1v) is 16.0. The third-order valence-electron chi connectivity index (χ3n) is 5.50. The fourth-order valence-electron chi connectivity index (χ4n) is 3.82. The maximum atomic E-state index is 9.65. The van der Waals surface area contributed by atoms with Crippen LogP contribution >= 0.6 is 17.1 Å². The average molecular weight is 459 g/mol. The molecule has 1 aromatic carbocycles. The van der Waals surface area contributed by atoms with Gasteiger partial charge in [0.2, 0.25) is 5.69 Å². The summed E-state index contributed by atoms with van der Waals surface area (Å²) in [6.07, 6.45) is 20.8. The predicted molar refractivity (Wildman–Crippen MR) is 134 cm³/mol. The van der Waals surface area contributed by atoms with Gasteiger partial charge in [-0.2, -0.15) is 0 Å². The summed E-state index contributed by atoms with van der Waals surface area (Å²) in [5.41, 5.74) is -0.430. The molecule has 1 rings (SSSR count). The van der Waals surface area contributed by atoms with Crippen LogP contribution in [0.5, 0.6) is 0 Å². The molecule has 0 bridgehead atoms. The molecule has 2 nitrogen and oxygen atoms in total. The first kappa shape index (κ1) is 27.2. The topological polar surface area (TPSA) is 40.5 Å². The average Bonchev–Trinajstić information content (AvgIpc) is 2.66. The van der Waals surface area contributed by atoms with E-state index in [2.05, 4.69) is 26.0 Å². The summed E-state index contributed by atoms with van der Waals surface area (Å²) in [5.74, 6) is 0. The van der Waals surface area contributed by atoms with Crippen molar-refractivity contribution in [1.29, 1.82) is 0 Å². The van der Waals surface area contributed by atoms with E-state index in [1.54, 1.807) is 0 Å². The standard InChI is InChI=1S/C24H43O2PS2/c1-3-5-7-9-11-13-15-17-22-19-20-24(29-27(25,26)28)21-23(22)18-16-14-12-10-8-6-4-2/h19-21H,3-18H2,1-2H3,(H2,25,26,28). The molecule has 0 fully saturated rings. The van der Waals surface area contributed by atoms with Gasteiger partial charge in [0, 0.05) is 4.90 Å². The van der Waals surface area contributed by atoms with E-state index < -0.39 is 5.69 Å². The van der Waals surface area contributed by atoms with E-state index in [0.29, 0.717) is 0 Å². The quantitative estimate of drug-likeness (QED) is 0.171. The smallest absolute Gasteiger partial charge is 0.246 e. The minimum absolute atomic E-state index is 0.902. The monoisotopic (exact) mass is 458 g/mol. The summed E-state index contributed by atoms with van der Waals surface area (Å²) < 4.78 is 0. The van der Waals surface area contributed by atoms with Gasteiger partial charge in [0.15, 0.2) is 0 Å². The van der Waals surface area contributed by atoms with Gasteiger partial charge >= 0.3 is 0 Å². The molecule has 5 heteroatoms. The highest BCUT2D eigenvalue weighted by Crippen LogP contribution is 2.55. The number of aryl methyl sites for hydroxylation is 2. The molecule has 0 saturated carbocycles. The molecular weight excluding hydrogens is 415 g/mol. The molecule has 0 aliphatic carbocycles. The highest BCUT2D eigenvalue weighted by atomic mass is 32.9. The van der Waals surface area contributed by atoms with E-state index in [1.165, 1.54) is 101 Å². The minimum atomic E-state index is -3.26. The number of rotatable bonds is 18. The van der Waals surface area contributed by atoms with Crippen molar-refractivity contribution in [3.63, 3.8) is 0 Å². The highest BCUT2D eigenvalue weighted by molar-refractivity contribution is 8.67. The highest BCUT2D eigenvalue weighted by Gasteiger charge is 2.12. The Morgan fingerprint density at radius 1 is 0.690 bits per heavy atom. The van der Waals surface area contributed by atoms with Crippen molar-refractivity contribution in [2.75, 3.05) is 0 Å². The van der Waals surface area contributed by atoms with Gasteiger partial charge in [0.1, 0.15) is 0 Å². The SMILES string of the molecule is CCCCCCCCCc1ccc(SP(O)(O)=S)cc1CCCCCCCCC. The van der Waals surface area contributed by atoms with Crippen LogP contribution in [-0.2, 0) is 24.6 Å². The second-order valence-electron chi connectivity index (χ2n) is 8.26. The molecule has 0 aromatic heterocycles.